The molecule has 0 spiro atoms. The lowest BCUT2D eigenvalue weighted by molar-refractivity contribution is 0.0691. The maximum absolute atomic E-state index is 10.7. The van der Waals surface area contributed by atoms with Gasteiger partial charge in [0.15, 0.2) is 0 Å². The number of carbonyl (C=O) groups is 1. The van der Waals surface area contributed by atoms with Crippen LogP contribution in [0.25, 0.3) is 0 Å². The Morgan fingerprint density at radius 3 is 2.46 bits per heavy atom. The van der Waals surface area contributed by atoms with Crippen molar-refractivity contribution in [3.05, 3.63) is 21.3 Å². The van der Waals surface area contributed by atoms with Crippen LogP contribution in [0.5, 0.6) is 5.88 Å². The van der Waals surface area contributed by atoms with Gasteiger partial charge in [-0.2, -0.15) is 0 Å². The summed E-state index contributed by atoms with van der Waals surface area (Å²) in [5, 5.41) is 18.0. The monoisotopic (exact) mass is 245 g/mol. The molecule has 0 fully saturated rings. The van der Waals surface area contributed by atoms with E-state index < -0.39 is 11.8 Å². The molecule has 1 aromatic rings. The molecule has 0 saturated heterocycles. The Morgan fingerprint density at radius 1 is 1.46 bits per heavy atom. The topological polar surface area (TPSA) is 70.4 Å². The third-order valence-electron chi connectivity index (χ3n) is 1.80. The fraction of sp³-hybridized carbons (Fsp3) is 0.250. The lowest BCUT2D eigenvalue weighted by Gasteiger charge is -2.07. The van der Waals surface area contributed by atoms with Crippen LogP contribution in [0.1, 0.15) is 21.6 Å². The van der Waals surface area contributed by atoms with Gasteiger partial charge in [0.05, 0.1) is 0 Å². The first-order valence-electron chi connectivity index (χ1n) is 3.54. The average Bonchev–Trinajstić information content (AvgIpc) is 1.99. The van der Waals surface area contributed by atoms with Crippen LogP contribution in [-0.4, -0.2) is 21.2 Å². The fourth-order valence-corrected chi connectivity index (χ4v) is 1.57. The van der Waals surface area contributed by atoms with Gasteiger partial charge in [0, 0.05) is 10.2 Å². The number of carboxylic acid groups (broad SMARTS) is 1. The molecule has 0 aliphatic carbocycles. The van der Waals surface area contributed by atoms with Gasteiger partial charge in [0.25, 0.3) is 0 Å². The van der Waals surface area contributed by atoms with Crippen molar-refractivity contribution in [2.45, 2.75) is 13.8 Å². The summed E-state index contributed by atoms with van der Waals surface area (Å²) >= 11 is 3.10. The van der Waals surface area contributed by atoms with E-state index in [-0.39, 0.29) is 5.56 Å². The smallest absolute Gasteiger partial charge is 0.342 e. The van der Waals surface area contributed by atoms with E-state index in [9.17, 15) is 9.90 Å². The number of nitrogens with zero attached hydrogens (tertiary/aromatic N) is 1. The minimum absolute atomic E-state index is 0.192. The number of halogens is 1. The van der Waals surface area contributed by atoms with E-state index in [0.717, 1.165) is 5.56 Å². The van der Waals surface area contributed by atoms with Crippen molar-refractivity contribution >= 4 is 21.9 Å². The SMILES string of the molecule is Cc1nc(O)c(C(=O)O)c(Br)c1C. The summed E-state index contributed by atoms with van der Waals surface area (Å²) in [5.74, 6) is -1.65. The van der Waals surface area contributed by atoms with Gasteiger partial charge >= 0.3 is 5.97 Å². The molecule has 4 nitrogen and oxygen atoms in total. The molecule has 13 heavy (non-hydrogen) atoms. The molecular weight excluding hydrogens is 238 g/mol. The maximum atomic E-state index is 10.7. The summed E-state index contributed by atoms with van der Waals surface area (Å²) in [4.78, 5) is 14.4. The summed E-state index contributed by atoms with van der Waals surface area (Å²) in [6.45, 7) is 3.43. The van der Waals surface area contributed by atoms with E-state index in [1.165, 1.54) is 0 Å². The Balaban J connectivity index is 3.53. The Morgan fingerprint density at radius 2 is 2.00 bits per heavy atom. The molecule has 0 amide bonds. The molecule has 0 aromatic carbocycles. The van der Waals surface area contributed by atoms with Gasteiger partial charge in [-0.3, -0.25) is 0 Å². The highest BCUT2D eigenvalue weighted by molar-refractivity contribution is 9.10. The van der Waals surface area contributed by atoms with E-state index in [2.05, 4.69) is 20.9 Å². The molecule has 0 aliphatic heterocycles. The van der Waals surface area contributed by atoms with E-state index in [4.69, 9.17) is 5.11 Å². The second kappa shape index (κ2) is 3.33. The molecule has 2 N–H and O–H groups in total. The number of aromatic carboxylic acids is 1. The second-order valence-electron chi connectivity index (χ2n) is 2.64. The summed E-state index contributed by atoms with van der Waals surface area (Å²) in [7, 11) is 0. The number of aromatic nitrogens is 1. The second-order valence-corrected chi connectivity index (χ2v) is 3.43. The number of rotatable bonds is 1. The van der Waals surface area contributed by atoms with Gasteiger partial charge in [0.1, 0.15) is 5.56 Å². The Hall–Kier alpha value is -1.10. The average molecular weight is 246 g/mol. The Labute approximate surface area is 83.4 Å². The quantitative estimate of drug-likeness (QED) is 0.793. The molecule has 0 unspecified atom stereocenters. The van der Waals surface area contributed by atoms with Crippen LogP contribution in [0.2, 0.25) is 0 Å². The van der Waals surface area contributed by atoms with Crippen LogP contribution in [0.4, 0.5) is 0 Å². The van der Waals surface area contributed by atoms with E-state index in [1.807, 2.05) is 0 Å². The molecule has 1 rings (SSSR count). The first-order chi connectivity index (χ1) is 5.95. The molecule has 1 heterocycles. The first kappa shape index (κ1) is 9.98. The number of aryl methyl sites for hydroxylation is 1. The van der Waals surface area contributed by atoms with Gasteiger partial charge in [-0.15, -0.1) is 0 Å². The third kappa shape index (κ3) is 1.65. The van der Waals surface area contributed by atoms with Gasteiger partial charge in [0.2, 0.25) is 5.88 Å². The fourth-order valence-electron chi connectivity index (χ4n) is 0.933. The highest BCUT2D eigenvalue weighted by atomic mass is 79.9. The van der Waals surface area contributed by atoms with Crippen molar-refractivity contribution in [1.82, 2.24) is 4.98 Å². The number of hydrogen-bond donors (Lipinski definition) is 2. The summed E-state index contributed by atoms with van der Waals surface area (Å²) < 4.78 is 0.380. The maximum Gasteiger partial charge on any atom is 0.342 e. The highest BCUT2D eigenvalue weighted by Gasteiger charge is 2.18. The van der Waals surface area contributed by atoms with Gasteiger partial charge < -0.3 is 10.2 Å². The summed E-state index contributed by atoms with van der Waals surface area (Å²) in [5.41, 5.74) is 1.13. The van der Waals surface area contributed by atoms with Crippen LogP contribution in [0.3, 0.4) is 0 Å². The molecular formula is C8H8BrNO3. The third-order valence-corrected chi connectivity index (χ3v) is 2.79. The highest BCUT2D eigenvalue weighted by Crippen LogP contribution is 2.28. The van der Waals surface area contributed by atoms with E-state index in [1.54, 1.807) is 13.8 Å². The van der Waals surface area contributed by atoms with Crippen molar-refractivity contribution in [2.75, 3.05) is 0 Å². The number of hydrogen-bond acceptors (Lipinski definition) is 3. The predicted molar refractivity (Wildman–Crippen MR) is 50.0 cm³/mol. The van der Waals surface area contributed by atoms with Crippen LogP contribution in [-0.2, 0) is 0 Å². The number of aromatic hydroxyl groups is 1. The van der Waals surface area contributed by atoms with Gasteiger partial charge in [-0.1, -0.05) is 0 Å². The lowest BCUT2D eigenvalue weighted by atomic mass is 10.1. The predicted octanol–water partition coefficient (Wildman–Crippen LogP) is 1.86. The van der Waals surface area contributed by atoms with Crippen molar-refractivity contribution in [1.29, 1.82) is 0 Å². The van der Waals surface area contributed by atoms with Crippen LogP contribution < -0.4 is 0 Å². The normalized spacial score (nSPS) is 10.1. The summed E-state index contributed by atoms with van der Waals surface area (Å²) in [6.07, 6.45) is 0. The zero-order valence-corrected chi connectivity index (χ0v) is 8.71. The lowest BCUT2D eigenvalue weighted by Crippen LogP contribution is -2.03. The Kier molecular flexibility index (Phi) is 2.56. The minimum Gasteiger partial charge on any atom is -0.493 e. The van der Waals surface area contributed by atoms with Crippen LogP contribution in [0, 0.1) is 13.8 Å². The number of carboxylic acids is 1. The molecule has 0 aliphatic rings. The zero-order chi connectivity index (χ0) is 10.2. The number of pyridine rings is 1. The van der Waals surface area contributed by atoms with E-state index in [0.29, 0.717) is 10.2 Å². The molecule has 0 saturated carbocycles. The van der Waals surface area contributed by atoms with Crippen molar-refractivity contribution < 1.29 is 15.0 Å². The standard InChI is InChI=1S/C8H8BrNO3/c1-3-4(2)10-7(11)5(6(3)9)8(12)13/h1-2H3,(H,10,11)(H,12,13). The summed E-state index contributed by atoms with van der Waals surface area (Å²) in [6, 6.07) is 0. The zero-order valence-electron chi connectivity index (χ0n) is 7.13. The van der Waals surface area contributed by atoms with Gasteiger partial charge in [-0.05, 0) is 35.3 Å². The Bertz CT molecular complexity index is 376. The molecule has 0 bridgehead atoms. The van der Waals surface area contributed by atoms with Crippen LogP contribution >= 0.6 is 15.9 Å². The molecule has 0 radical (unpaired) electrons. The van der Waals surface area contributed by atoms with Crippen molar-refractivity contribution in [3.8, 4) is 5.88 Å². The largest absolute Gasteiger partial charge is 0.493 e. The van der Waals surface area contributed by atoms with Crippen molar-refractivity contribution in [3.63, 3.8) is 0 Å². The molecule has 70 valence electrons. The van der Waals surface area contributed by atoms with Crippen molar-refractivity contribution in [2.24, 2.45) is 0 Å². The minimum atomic E-state index is -1.19. The molecule has 0 atom stereocenters. The van der Waals surface area contributed by atoms with Gasteiger partial charge in [-0.25, -0.2) is 9.78 Å². The molecule has 5 heteroatoms. The first-order valence-corrected chi connectivity index (χ1v) is 4.33. The molecule has 1 aromatic heterocycles. The van der Waals surface area contributed by atoms with Crippen LogP contribution in [0.15, 0.2) is 4.47 Å². The van der Waals surface area contributed by atoms with E-state index >= 15 is 0 Å².